The molecule has 0 saturated heterocycles. The van der Waals surface area contributed by atoms with Crippen LogP contribution < -0.4 is 4.74 Å². The van der Waals surface area contributed by atoms with E-state index in [1.54, 1.807) is 24.3 Å². The van der Waals surface area contributed by atoms with Crippen LogP contribution in [-0.4, -0.2) is 11.1 Å². The molecule has 21 heavy (non-hydrogen) atoms. The van der Waals surface area contributed by atoms with Crippen LogP contribution >= 0.6 is 0 Å². The van der Waals surface area contributed by atoms with Gasteiger partial charge in [-0.05, 0) is 30.3 Å². The molecular weight excluding hydrogens is 275 g/mol. The largest absolute Gasteiger partial charge is 0.486 e. The molecule has 0 bridgehead atoms. The van der Waals surface area contributed by atoms with Gasteiger partial charge in [-0.15, -0.1) is 0 Å². The summed E-state index contributed by atoms with van der Waals surface area (Å²) in [6, 6.07) is 12.2. The maximum atomic E-state index is 13.0. The molecule has 1 heterocycles. The van der Waals surface area contributed by atoms with E-state index in [-0.39, 0.29) is 18.0 Å². The second-order valence-electron chi connectivity index (χ2n) is 4.52. The number of furan rings is 1. The van der Waals surface area contributed by atoms with Crippen molar-refractivity contribution in [3.63, 3.8) is 0 Å². The summed E-state index contributed by atoms with van der Waals surface area (Å²) in [5.74, 6) is -0.437. The van der Waals surface area contributed by atoms with Gasteiger partial charge in [0.2, 0.25) is 0 Å². The first-order valence-corrected chi connectivity index (χ1v) is 6.26. The molecule has 1 N–H and O–H groups in total. The van der Waals surface area contributed by atoms with Gasteiger partial charge < -0.3 is 14.3 Å². The van der Waals surface area contributed by atoms with E-state index in [1.165, 1.54) is 24.3 Å². The molecule has 0 aliphatic carbocycles. The number of carboxylic acids is 1. The topological polar surface area (TPSA) is 59.7 Å². The quantitative estimate of drug-likeness (QED) is 0.791. The summed E-state index contributed by atoms with van der Waals surface area (Å²) in [4.78, 5) is 10.9. The van der Waals surface area contributed by atoms with Gasteiger partial charge in [-0.25, -0.2) is 9.18 Å². The molecule has 0 spiro atoms. The summed E-state index contributed by atoms with van der Waals surface area (Å²) in [5.41, 5.74) is 0.641. The smallest absolute Gasteiger partial charge is 0.335 e. The zero-order chi connectivity index (χ0) is 14.8. The normalized spacial score (nSPS) is 10.7. The molecule has 5 heteroatoms. The van der Waals surface area contributed by atoms with Crippen molar-refractivity contribution >= 4 is 16.9 Å². The SMILES string of the molecule is O=C(O)c1ccc2cc(COc3cccc(F)c3)oc2c1. The van der Waals surface area contributed by atoms with E-state index in [0.29, 0.717) is 17.1 Å². The van der Waals surface area contributed by atoms with E-state index in [2.05, 4.69) is 0 Å². The summed E-state index contributed by atoms with van der Waals surface area (Å²) in [7, 11) is 0. The van der Waals surface area contributed by atoms with Crippen LogP contribution in [0.3, 0.4) is 0 Å². The minimum atomic E-state index is -1.01. The maximum absolute atomic E-state index is 13.0. The van der Waals surface area contributed by atoms with E-state index in [4.69, 9.17) is 14.3 Å². The highest BCUT2D eigenvalue weighted by Gasteiger charge is 2.09. The number of halogens is 1. The first kappa shape index (κ1) is 13.2. The Balaban J connectivity index is 1.80. The minimum absolute atomic E-state index is 0.139. The Kier molecular flexibility index (Phi) is 3.31. The van der Waals surface area contributed by atoms with Crippen LogP contribution in [0.5, 0.6) is 5.75 Å². The molecule has 0 saturated carbocycles. The molecule has 0 amide bonds. The molecule has 0 radical (unpaired) electrons. The predicted octanol–water partition coefficient (Wildman–Crippen LogP) is 3.85. The summed E-state index contributed by atoms with van der Waals surface area (Å²) < 4.78 is 24.0. The third-order valence-corrected chi connectivity index (χ3v) is 3.00. The first-order chi connectivity index (χ1) is 10.1. The van der Waals surface area contributed by atoms with Gasteiger partial charge in [-0.2, -0.15) is 0 Å². The van der Waals surface area contributed by atoms with Gasteiger partial charge in [0.05, 0.1) is 5.56 Å². The third-order valence-electron chi connectivity index (χ3n) is 3.00. The lowest BCUT2D eigenvalue weighted by Crippen LogP contribution is -1.94. The average Bonchev–Trinajstić information content (AvgIpc) is 2.87. The number of carbonyl (C=O) groups is 1. The third kappa shape index (κ3) is 2.86. The Morgan fingerprint density at radius 2 is 2.05 bits per heavy atom. The molecule has 0 fully saturated rings. The van der Waals surface area contributed by atoms with Crippen LogP contribution in [0.2, 0.25) is 0 Å². The number of rotatable bonds is 4. The molecule has 0 aliphatic rings. The van der Waals surface area contributed by atoms with Crippen molar-refractivity contribution in [2.45, 2.75) is 6.61 Å². The second kappa shape index (κ2) is 5.28. The van der Waals surface area contributed by atoms with Crippen molar-refractivity contribution in [1.82, 2.24) is 0 Å². The fourth-order valence-electron chi connectivity index (χ4n) is 2.00. The number of hydrogen-bond donors (Lipinski definition) is 1. The fourth-order valence-corrected chi connectivity index (χ4v) is 2.00. The Bertz CT molecular complexity index is 807. The van der Waals surface area contributed by atoms with Gasteiger partial charge in [0.1, 0.15) is 29.5 Å². The van der Waals surface area contributed by atoms with E-state index in [9.17, 15) is 9.18 Å². The highest BCUT2D eigenvalue weighted by Crippen LogP contribution is 2.22. The van der Waals surface area contributed by atoms with Crippen LogP contribution in [0.15, 0.2) is 52.9 Å². The molecular formula is C16H11FO4. The van der Waals surface area contributed by atoms with Crippen molar-refractivity contribution in [3.05, 3.63) is 65.7 Å². The second-order valence-corrected chi connectivity index (χ2v) is 4.52. The van der Waals surface area contributed by atoms with Crippen molar-refractivity contribution in [1.29, 1.82) is 0 Å². The summed E-state index contributed by atoms with van der Waals surface area (Å²) in [6.07, 6.45) is 0. The van der Waals surface area contributed by atoms with Crippen LogP contribution in [-0.2, 0) is 6.61 Å². The zero-order valence-electron chi connectivity index (χ0n) is 10.9. The van der Waals surface area contributed by atoms with Gasteiger partial charge in [-0.3, -0.25) is 0 Å². The number of ether oxygens (including phenoxy) is 1. The van der Waals surface area contributed by atoms with E-state index in [0.717, 1.165) is 5.39 Å². The number of carboxylic acid groups (broad SMARTS) is 1. The number of benzene rings is 2. The van der Waals surface area contributed by atoms with Crippen molar-refractivity contribution in [3.8, 4) is 5.75 Å². The maximum Gasteiger partial charge on any atom is 0.335 e. The van der Waals surface area contributed by atoms with Crippen molar-refractivity contribution in [2.24, 2.45) is 0 Å². The van der Waals surface area contributed by atoms with Gasteiger partial charge in [0.15, 0.2) is 0 Å². The van der Waals surface area contributed by atoms with E-state index < -0.39 is 5.97 Å². The highest BCUT2D eigenvalue weighted by molar-refractivity contribution is 5.92. The lowest BCUT2D eigenvalue weighted by atomic mass is 10.2. The molecule has 2 aromatic carbocycles. The standard InChI is InChI=1S/C16H11FO4/c17-12-2-1-3-13(8-12)20-9-14-6-10-4-5-11(16(18)19)7-15(10)21-14/h1-8H,9H2,(H,18,19). The average molecular weight is 286 g/mol. The van der Waals surface area contributed by atoms with Gasteiger partial charge >= 0.3 is 5.97 Å². The fraction of sp³-hybridized carbons (Fsp3) is 0.0625. The molecule has 4 nitrogen and oxygen atoms in total. The molecule has 106 valence electrons. The number of hydrogen-bond acceptors (Lipinski definition) is 3. The Labute approximate surface area is 119 Å². The highest BCUT2D eigenvalue weighted by atomic mass is 19.1. The first-order valence-electron chi connectivity index (χ1n) is 6.26. The monoisotopic (exact) mass is 286 g/mol. The van der Waals surface area contributed by atoms with Crippen molar-refractivity contribution < 1.29 is 23.4 Å². The Hall–Kier alpha value is -2.82. The van der Waals surface area contributed by atoms with Gasteiger partial charge in [-0.1, -0.05) is 12.1 Å². The van der Waals surface area contributed by atoms with Gasteiger partial charge in [0, 0.05) is 11.5 Å². The van der Waals surface area contributed by atoms with Gasteiger partial charge in [0.25, 0.3) is 0 Å². The molecule has 0 aliphatic heterocycles. The predicted molar refractivity (Wildman–Crippen MR) is 73.9 cm³/mol. The molecule has 0 atom stereocenters. The van der Waals surface area contributed by atoms with Crippen LogP contribution in [0.1, 0.15) is 16.1 Å². The molecule has 3 aromatic rings. The Morgan fingerprint density at radius 3 is 2.81 bits per heavy atom. The number of aromatic carboxylic acids is 1. The Morgan fingerprint density at radius 1 is 1.19 bits per heavy atom. The summed E-state index contributed by atoms with van der Waals surface area (Å²) in [6.45, 7) is 0.139. The molecule has 3 rings (SSSR count). The molecule has 0 unspecified atom stereocenters. The van der Waals surface area contributed by atoms with E-state index in [1.807, 2.05) is 0 Å². The lowest BCUT2D eigenvalue weighted by molar-refractivity contribution is 0.0697. The van der Waals surface area contributed by atoms with Crippen molar-refractivity contribution in [2.75, 3.05) is 0 Å². The van der Waals surface area contributed by atoms with Crippen LogP contribution in [0, 0.1) is 5.82 Å². The van der Waals surface area contributed by atoms with Crippen LogP contribution in [0.25, 0.3) is 11.0 Å². The molecule has 1 aromatic heterocycles. The summed E-state index contributed by atoms with van der Waals surface area (Å²) in [5, 5.41) is 9.72. The van der Waals surface area contributed by atoms with Crippen LogP contribution in [0.4, 0.5) is 4.39 Å². The minimum Gasteiger partial charge on any atom is -0.486 e. The number of fused-ring (bicyclic) bond motifs is 1. The lowest BCUT2D eigenvalue weighted by Gasteiger charge is -2.03. The summed E-state index contributed by atoms with van der Waals surface area (Å²) >= 11 is 0. The zero-order valence-corrected chi connectivity index (χ0v) is 10.9. The van der Waals surface area contributed by atoms with E-state index >= 15 is 0 Å².